The molecule has 0 spiro atoms. The number of carbonyl (C=O) groups is 1. The molecule has 136 valence electrons. The molecule has 0 saturated heterocycles. The van der Waals surface area contributed by atoms with Crippen molar-refractivity contribution in [1.29, 1.82) is 0 Å². The molecule has 0 atom stereocenters. The molecule has 1 N–H and O–H groups in total. The maximum Gasteiger partial charge on any atom is 0.276 e. The van der Waals surface area contributed by atoms with Crippen molar-refractivity contribution in [3.8, 4) is 0 Å². The van der Waals surface area contributed by atoms with Gasteiger partial charge in [-0.25, -0.2) is 9.67 Å². The number of thioether (sulfide) groups is 1. The number of fused-ring (bicyclic) bond motifs is 2. The Morgan fingerprint density at radius 2 is 2.00 bits per heavy atom. The van der Waals surface area contributed by atoms with Gasteiger partial charge in [-0.3, -0.25) is 9.59 Å². The molecule has 1 amide bonds. The van der Waals surface area contributed by atoms with Crippen LogP contribution in [-0.4, -0.2) is 26.9 Å². The summed E-state index contributed by atoms with van der Waals surface area (Å²) < 4.78 is 3.30. The Kier molecular flexibility index (Phi) is 4.67. The summed E-state index contributed by atoms with van der Waals surface area (Å²) in [6.07, 6.45) is 1.99. The van der Waals surface area contributed by atoms with Gasteiger partial charge in [-0.15, -0.1) is 11.3 Å². The molecule has 6 nitrogen and oxygen atoms in total. The molecule has 0 aliphatic rings. The van der Waals surface area contributed by atoms with E-state index in [9.17, 15) is 9.59 Å². The molecule has 27 heavy (non-hydrogen) atoms. The number of nitrogens with one attached hydrogen (secondary N) is 1. The zero-order valence-corrected chi connectivity index (χ0v) is 16.4. The molecule has 0 saturated carbocycles. The SMILES string of the molecule is CCn1nc(C(=O)Nc2ccc3nc(SC)sc3c2)c2ccccc2c1=O. The standard InChI is InChI=1S/C19H16N4O2S2/c1-3-23-18(25)13-7-5-4-6-12(13)16(22-23)17(24)20-11-8-9-14-15(10-11)27-19(21-14)26-2/h4-10H,3H2,1-2H3,(H,20,24). The van der Waals surface area contributed by atoms with Crippen LogP contribution in [-0.2, 0) is 6.54 Å². The van der Waals surface area contributed by atoms with Crippen LogP contribution in [0.4, 0.5) is 5.69 Å². The number of carbonyl (C=O) groups excluding carboxylic acids is 1. The molecule has 0 fully saturated rings. The lowest BCUT2D eigenvalue weighted by Gasteiger charge is -2.10. The van der Waals surface area contributed by atoms with E-state index in [0.29, 0.717) is 23.0 Å². The average molecular weight is 396 g/mol. The number of nitrogens with zero attached hydrogens (tertiary/aromatic N) is 3. The molecule has 8 heteroatoms. The molecular formula is C19H16N4O2S2. The van der Waals surface area contributed by atoms with Crippen LogP contribution in [0.25, 0.3) is 21.0 Å². The van der Waals surface area contributed by atoms with Crippen LogP contribution < -0.4 is 10.9 Å². The topological polar surface area (TPSA) is 76.9 Å². The fourth-order valence-electron chi connectivity index (χ4n) is 2.88. The predicted octanol–water partition coefficient (Wildman–Crippen LogP) is 4.00. The second-order valence-electron chi connectivity index (χ2n) is 5.84. The van der Waals surface area contributed by atoms with Crippen molar-refractivity contribution < 1.29 is 4.79 Å². The van der Waals surface area contributed by atoms with Gasteiger partial charge >= 0.3 is 0 Å². The van der Waals surface area contributed by atoms with Crippen molar-refractivity contribution in [2.75, 3.05) is 11.6 Å². The maximum absolute atomic E-state index is 12.9. The number of anilines is 1. The number of hydrogen-bond donors (Lipinski definition) is 1. The van der Waals surface area contributed by atoms with Crippen molar-refractivity contribution in [1.82, 2.24) is 14.8 Å². The number of amides is 1. The van der Waals surface area contributed by atoms with Crippen molar-refractivity contribution >= 4 is 55.7 Å². The van der Waals surface area contributed by atoms with Crippen LogP contribution in [0.2, 0.25) is 0 Å². The minimum absolute atomic E-state index is 0.194. The van der Waals surface area contributed by atoms with Crippen molar-refractivity contribution in [2.24, 2.45) is 0 Å². The summed E-state index contributed by atoms with van der Waals surface area (Å²) in [5.41, 5.74) is 1.62. The van der Waals surface area contributed by atoms with Crippen LogP contribution in [0, 0.1) is 0 Å². The molecule has 0 unspecified atom stereocenters. The fourth-order valence-corrected chi connectivity index (χ4v) is 4.40. The molecule has 2 aromatic carbocycles. The Bertz CT molecular complexity index is 1230. The minimum Gasteiger partial charge on any atom is -0.321 e. The second-order valence-corrected chi connectivity index (χ2v) is 7.92. The number of thiazole rings is 1. The molecule has 0 aliphatic carbocycles. The van der Waals surface area contributed by atoms with Crippen LogP contribution >= 0.6 is 23.1 Å². The first kappa shape index (κ1) is 17.7. The van der Waals surface area contributed by atoms with Gasteiger partial charge in [0.05, 0.1) is 15.6 Å². The third kappa shape index (κ3) is 3.22. The molecule has 4 aromatic rings. The first-order valence-corrected chi connectivity index (χ1v) is 10.4. The molecule has 2 heterocycles. The van der Waals surface area contributed by atoms with E-state index in [1.165, 1.54) is 4.68 Å². The molecule has 0 radical (unpaired) electrons. The van der Waals surface area contributed by atoms with E-state index in [1.807, 2.05) is 31.4 Å². The molecule has 0 bridgehead atoms. The number of aromatic nitrogens is 3. The van der Waals surface area contributed by atoms with Gasteiger partial charge < -0.3 is 5.32 Å². The predicted molar refractivity (Wildman–Crippen MR) is 111 cm³/mol. The average Bonchev–Trinajstić information content (AvgIpc) is 3.11. The monoisotopic (exact) mass is 396 g/mol. The van der Waals surface area contributed by atoms with Crippen LogP contribution in [0.3, 0.4) is 0 Å². The van der Waals surface area contributed by atoms with Crippen LogP contribution in [0.5, 0.6) is 0 Å². The van der Waals surface area contributed by atoms with Gasteiger partial charge in [0.2, 0.25) is 0 Å². The van der Waals surface area contributed by atoms with E-state index in [-0.39, 0.29) is 17.2 Å². The van der Waals surface area contributed by atoms with Gasteiger partial charge in [0.15, 0.2) is 10.0 Å². The van der Waals surface area contributed by atoms with Crippen molar-refractivity contribution in [2.45, 2.75) is 17.8 Å². The van der Waals surface area contributed by atoms with E-state index in [4.69, 9.17) is 0 Å². The zero-order valence-electron chi connectivity index (χ0n) is 14.7. The second kappa shape index (κ2) is 7.13. The number of rotatable bonds is 4. The van der Waals surface area contributed by atoms with Gasteiger partial charge in [-0.2, -0.15) is 5.10 Å². The lowest BCUT2D eigenvalue weighted by atomic mass is 10.1. The van der Waals surface area contributed by atoms with Gasteiger partial charge in [-0.1, -0.05) is 30.0 Å². The van der Waals surface area contributed by atoms with Gasteiger partial charge in [-0.05, 0) is 37.4 Å². The van der Waals surface area contributed by atoms with Gasteiger partial charge in [0.25, 0.3) is 11.5 Å². The van der Waals surface area contributed by atoms with Gasteiger partial charge in [0, 0.05) is 17.6 Å². The summed E-state index contributed by atoms with van der Waals surface area (Å²) in [7, 11) is 0. The normalized spacial score (nSPS) is 11.2. The molecule has 0 aliphatic heterocycles. The summed E-state index contributed by atoms with van der Waals surface area (Å²) in [4.78, 5) is 29.8. The summed E-state index contributed by atoms with van der Waals surface area (Å²) in [6, 6.07) is 12.7. The Morgan fingerprint density at radius 1 is 1.22 bits per heavy atom. The molecule has 4 rings (SSSR count). The Hall–Kier alpha value is -2.71. The molecule has 2 aromatic heterocycles. The van der Waals surface area contributed by atoms with Crippen LogP contribution in [0.15, 0.2) is 51.6 Å². The van der Waals surface area contributed by atoms with Crippen molar-refractivity contribution in [3.05, 3.63) is 58.5 Å². The Balaban J connectivity index is 1.75. The first-order chi connectivity index (χ1) is 13.1. The quantitative estimate of drug-likeness (QED) is 0.528. The number of aryl methyl sites for hydroxylation is 1. The summed E-state index contributed by atoms with van der Waals surface area (Å²) in [5.74, 6) is -0.345. The summed E-state index contributed by atoms with van der Waals surface area (Å²) in [6.45, 7) is 2.22. The highest BCUT2D eigenvalue weighted by Crippen LogP contribution is 2.30. The third-order valence-electron chi connectivity index (χ3n) is 4.18. The van der Waals surface area contributed by atoms with E-state index in [2.05, 4.69) is 15.4 Å². The number of hydrogen-bond acceptors (Lipinski definition) is 6. The lowest BCUT2D eigenvalue weighted by molar-refractivity contribution is 0.102. The zero-order chi connectivity index (χ0) is 19.0. The summed E-state index contributed by atoms with van der Waals surface area (Å²) in [5, 5.41) is 8.21. The smallest absolute Gasteiger partial charge is 0.276 e. The highest BCUT2D eigenvalue weighted by atomic mass is 32.2. The van der Waals surface area contributed by atoms with Crippen molar-refractivity contribution in [3.63, 3.8) is 0 Å². The first-order valence-electron chi connectivity index (χ1n) is 8.36. The Morgan fingerprint density at radius 3 is 2.74 bits per heavy atom. The van der Waals surface area contributed by atoms with E-state index in [0.717, 1.165) is 14.6 Å². The minimum atomic E-state index is -0.345. The van der Waals surface area contributed by atoms with E-state index in [1.54, 1.807) is 47.4 Å². The third-order valence-corrected chi connectivity index (χ3v) is 6.19. The van der Waals surface area contributed by atoms with E-state index >= 15 is 0 Å². The maximum atomic E-state index is 12.9. The Labute approximate surface area is 163 Å². The highest BCUT2D eigenvalue weighted by Gasteiger charge is 2.16. The van der Waals surface area contributed by atoms with E-state index < -0.39 is 0 Å². The van der Waals surface area contributed by atoms with Crippen LogP contribution in [0.1, 0.15) is 17.4 Å². The largest absolute Gasteiger partial charge is 0.321 e. The van der Waals surface area contributed by atoms with Gasteiger partial charge in [0.1, 0.15) is 0 Å². The fraction of sp³-hybridized carbons (Fsp3) is 0.158. The lowest BCUT2D eigenvalue weighted by Crippen LogP contribution is -2.27. The molecular weight excluding hydrogens is 380 g/mol. The summed E-state index contributed by atoms with van der Waals surface area (Å²) >= 11 is 3.18. The number of benzene rings is 2. The highest BCUT2D eigenvalue weighted by molar-refractivity contribution is 8.00.